The van der Waals surface area contributed by atoms with Gasteiger partial charge in [0.15, 0.2) is 0 Å². The predicted molar refractivity (Wildman–Crippen MR) is 162 cm³/mol. The van der Waals surface area contributed by atoms with Crippen LogP contribution in [-0.4, -0.2) is 106 Å². The molecule has 0 rings (SSSR count). The molecule has 0 aliphatic heterocycles. The molecule has 34 heavy (non-hydrogen) atoms. The number of rotatable bonds is 19. The van der Waals surface area contributed by atoms with Gasteiger partial charge in [0.1, 0.15) is 8.64 Å². The fraction of sp³-hybridized carbons (Fsp3) is 0.889. The molecule has 0 aliphatic carbocycles. The summed E-state index contributed by atoms with van der Waals surface area (Å²) in [6.45, 7) is 1.76. The van der Waals surface area contributed by atoms with Crippen molar-refractivity contribution in [3.05, 3.63) is 0 Å². The van der Waals surface area contributed by atoms with Crippen LogP contribution in [0.15, 0.2) is 0 Å². The van der Waals surface area contributed by atoms with E-state index in [9.17, 15) is 0 Å². The van der Waals surface area contributed by atoms with Crippen molar-refractivity contribution in [3.63, 3.8) is 0 Å². The zero-order chi connectivity index (χ0) is 26.0. The number of nitrogens with zero attached hydrogens (tertiary/aromatic N) is 2. The van der Waals surface area contributed by atoms with Crippen LogP contribution >= 0.6 is 65.7 Å². The molecule has 0 atom stereocenters. The van der Waals surface area contributed by atoms with Crippen LogP contribution in [0.4, 0.5) is 0 Å². The maximum absolute atomic E-state index is 5.54. The van der Waals surface area contributed by atoms with Crippen molar-refractivity contribution in [2.75, 3.05) is 69.8 Å². The Kier molecular flexibility index (Phi) is 21.2. The molecular formula is C18H40N2O6S6Si2. The lowest BCUT2D eigenvalue weighted by atomic mass is 10.3. The fourth-order valence-electron chi connectivity index (χ4n) is 2.89. The van der Waals surface area contributed by atoms with E-state index in [0.29, 0.717) is 0 Å². The maximum Gasteiger partial charge on any atom is 0.500 e. The van der Waals surface area contributed by atoms with Gasteiger partial charge in [-0.2, -0.15) is 0 Å². The molecule has 0 fully saturated rings. The van der Waals surface area contributed by atoms with E-state index in [1.54, 1.807) is 83.9 Å². The highest BCUT2D eigenvalue weighted by atomic mass is 33.7. The van der Waals surface area contributed by atoms with Crippen molar-refractivity contribution >= 4 is 91.9 Å². The Labute approximate surface area is 234 Å². The Morgan fingerprint density at radius 3 is 1.15 bits per heavy atom. The molecule has 0 N–H and O–H groups in total. The van der Waals surface area contributed by atoms with Crippen LogP contribution in [0.25, 0.3) is 0 Å². The Hall–Kier alpha value is 1.37. The second kappa shape index (κ2) is 20.4. The summed E-state index contributed by atoms with van der Waals surface area (Å²) in [5, 5.41) is 0. The molecule has 0 aromatic heterocycles. The first-order chi connectivity index (χ1) is 16.2. The van der Waals surface area contributed by atoms with E-state index in [2.05, 4.69) is 9.80 Å². The molecule has 0 aromatic rings. The van der Waals surface area contributed by atoms with Crippen LogP contribution in [0.3, 0.4) is 0 Å². The van der Waals surface area contributed by atoms with Gasteiger partial charge in [0.2, 0.25) is 0 Å². The third-order valence-corrected chi connectivity index (χ3v) is 18.4. The lowest BCUT2D eigenvalue weighted by molar-refractivity contribution is 0.122. The lowest BCUT2D eigenvalue weighted by Crippen LogP contribution is -2.42. The summed E-state index contributed by atoms with van der Waals surface area (Å²) < 4.78 is 34.5. The summed E-state index contributed by atoms with van der Waals surface area (Å²) >= 11 is 11.1. The van der Waals surface area contributed by atoms with Gasteiger partial charge in [-0.3, -0.25) is 0 Å². The van der Waals surface area contributed by atoms with Gasteiger partial charge >= 0.3 is 17.6 Å². The summed E-state index contributed by atoms with van der Waals surface area (Å²) in [6.07, 6.45) is 3.91. The second-order valence-corrected chi connectivity index (χ2v) is 20.3. The molecule has 8 nitrogen and oxygen atoms in total. The average molecular weight is 629 g/mol. The van der Waals surface area contributed by atoms with Crippen molar-refractivity contribution in [3.8, 4) is 0 Å². The van der Waals surface area contributed by atoms with Crippen LogP contribution in [-0.2, 0) is 26.6 Å². The van der Waals surface area contributed by atoms with Gasteiger partial charge in [-0.25, -0.2) is 0 Å². The smallest absolute Gasteiger partial charge is 0.377 e. The number of hydrogen-bond acceptors (Lipinski definition) is 12. The molecule has 0 aliphatic rings. The number of thiocarbonyl (C=S) groups is 2. The quantitative estimate of drug-likeness (QED) is 0.0792. The summed E-state index contributed by atoms with van der Waals surface area (Å²) in [6, 6.07) is 1.59. The van der Waals surface area contributed by atoms with Gasteiger partial charge in [0.25, 0.3) is 0 Å². The zero-order valence-electron chi connectivity index (χ0n) is 21.5. The molecule has 0 saturated heterocycles. The largest absolute Gasteiger partial charge is 0.500 e. The van der Waals surface area contributed by atoms with Crippen molar-refractivity contribution in [2.45, 2.75) is 37.8 Å². The molecular weight excluding hydrogens is 589 g/mol. The Bertz CT molecular complexity index is 515. The number of hydrogen-bond donors (Lipinski definition) is 0. The van der Waals surface area contributed by atoms with E-state index in [-0.39, 0.29) is 0 Å². The zero-order valence-corrected chi connectivity index (χ0v) is 28.3. The van der Waals surface area contributed by atoms with Gasteiger partial charge < -0.3 is 36.4 Å². The second-order valence-electron chi connectivity index (χ2n) is 7.18. The van der Waals surface area contributed by atoms with Gasteiger partial charge in [0, 0.05) is 81.9 Å². The molecule has 0 aromatic carbocycles. The topological polar surface area (TPSA) is 61.9 Å². The summed E-state index contributed by atoms with van der Waals surface area (Å²) in [4.78, 5) is 4.20. The van der Waals surface area contributed by atoms with E-state index >= 15 is 0 Å². The first-order valence-electron chi connectivity index (χ1n) is 10.7. The molecule has 0 heterocycles. The van der Waals surface area contributed by atoms with E-state index in [1.165, 1.54) is 0 Å². The minimum Gasteiger partial charge on any atom is -0.377 e. The Balaban J connectivity index is 4.02. The third kappa shape index (κ3) is 13.8. The van der Waals surface area contributed by atoms with E-state index in [0.717, 1.165) is 59.5 Å². The van der Waals surface area contributed by atoms with E-state index in [4.69, 9.17) is 51.0 Å². The molecule has 16 heteroatoms. The molecule has 0 saturated carbocycles. The van der Waals surface area contributed by atoms with Crippen molar-refractivity contribution in [2.24, 2.45) is 0 Å². The SMILES string of the molecule is CO[Si](CCCCN(C)C(=S)SSSSC(=S)N(C)CCCC[Si](OC)(OC)OC)(OC)OC. The summed E-state index contributed by atoms with van der Waals surface area (Å²) in [5.41, 5.74) is 0. The van der Waals surface area contributed by atoms with E-state index in [1.807, 2.05) is 14.1 Å². The highest BCUT2D eigenvalue weighted by Gasteiger charge is 2.37. The Morgan fingerprint density at radius 2 is 0.882 bits per heavy atom. The van der Waals surface area contributed by atoms with Crippen molar-refractivity contribution in [1.29, 1.82) is 0 Å². The molecule has 0 bridgehead atoms. The van der Waals surface area contributed by atoms with Crippen molar-refractivity contribution < 1.29 is 26.6 Å². The minimum absolute atomic E-state index is 0.796. The standard InChI is InChI=1S/C18H40N2O6S6Si2/c1-19(13-9-11-15-33(21-3,22-4)23-5)17(27)29-31-32-30-18(28)20(2)14-10-12-16-34(24-6,25-7)26-8/h9-16H2,1-8H3. The minimum atomic E-state index is -2.49. The monoisotopic (exact) mass is 628 g/mol. The predicted octanol–water partition coefficient (Wildman–Crippen LogP) is 5.41. The average Bonchev–Trinajstić information content (AvgIpc) is 2.87. The first kappa shape index (κ1) is 35.4. The molecule has 0 unspecified atom stereocenters. The lowest BCUT2D eigenvalue weighted by Gasteiger charge is -2.25. The molecule has 202 valence electrons. The van der Waals surface area contributed by atoms with E-state index < -0.39 is 17.6 Å². The fourth-order valence-corrected chi connectivity index (χ4v) is 13.1. The normalized spacial score (nSPS) is 12.1. The van der Waals surface area contributed by atoms with Crippen LogP contribution < -0.4 is 0 Å². The maximum atomic E-state index is 5.54. The van der Waals surface area contributed by atoms with Gasteiger partial charge in [-0.05, 0) is 66.9 Å². The highest BCUT2D eigenvalue weighted by molar-refractivity contribution is 9.29. The molecule has 0 spiro atoms. The molecule has 0 amide bonds. The number of unbranched alkanes of at least 4 members (excludes halogenated alkanes) is 2. The van der Waals surface area contributed by atoms with Gasteiger partial charge in [0.05, 0.1) is 0 Å². The highest BCUT2D eigenvalue weighted by Crippen LogP contribution is 2.45. The molecule has 0 radical (unpaired) electrons. The first-order valence-corrected chi connectivity index (χ1v) is 20.2. The summed E-state index contributed by atoms with van der Waals surface area (Å²) in [7, 11) is 15.4. The van der Waals surface area contributed by atoms with Gasteiger partial charge in [-0.15, -0.1) is 0 Å². The summed E-state index contributed by atoms with van der Waals surface area (Å²) in [5.74, 6) is 0. The van der Waals surface area contributed by atoms with Crippen LogP contribution in [0.2, 0.25) is 12.1 Å². The Morgan fingerprint density at radius 1 is 0.588 bits per heavy atom. The third-order valence-electron chi connectivity index (χ3n) is 5.18. The van der Waals surface area contributed by atoms with Gasteiger partial charge in [-0.1, -0.05) is 24.4 Å². The van der Waals surface area contributed by atoms with Crippen LogP contribution in [0.5, 0.6) is 0 Å². The van der Waals surface area contributed by atoms with Crippen LogP contribution in [0.1, 0.15) is 25.7 Å². The van der Waals surface area contributed by atoms with Crippen LogP contribution in [0, 0.1) is 0 Å². The van der Waals surface area contributed by atoms with Crippen molar-refractivity contribution in [1.82, 2.24) is 9.80 Å².